The van der Waals surface area contributed by atoms with Gasteiger partial charge < -0.3 is 19.1 Å². The number of aliphatic hydroxyl groups is 1. The molecule has 0 saturated heterocycles. The van der Waals surface area contributed by atoms with Crippen LogP contribution in [0.3, 0.4) is 0 Å². The number of methoxy groups -OCH3 is 1. The Balaban J connectivity index is 2.57. The summed E-state index contributed by atoms with van der Waals surface area (Å²) in [5.41, 5.74) is 0. The highest BCUT2D eigenvalue weighted by Crippen LogP contribution is 2.44. The van der Waals surface area contributed by atoms with Crippen molar-refractivity contribution < 1.29 is 23.9 Å². The fourth-order valence-corrected chi connectivity index (χ4v) is 3.45. The highest BCUT2D eigenvalue weighted by atomic mass is 31.2. The first kappa shape index (κ1) is 15.7. The number of ether oxygens (including phenoxy) is 2. The van der Waals surface area contributed by atoms with Crippen LogP contribution in [0.5, 0.6) is 0 Å². The van der Waals surface area contributed by atoms with Gasteiger partial charge in [0.25, 0.3) is 0 Å². The van der Waals surface area contributed by atoms with Crippen LogP contribution >= 0.6 is 7.14 Å². The molecule has 0 bridgehead atoms. The van der Waals surface area contributed by atoms with Crippen LogP contribution in [0.1, 0.15) is 19.3 Å². The van der Waals surface area contributed by atoms with E-state index in [1.165, 1.54) is 20.4 Å². The summed E-state index contributed by atoms with van der Waals surface area (Å²) in [7, 11) is -1.43. The molecule has 18 heavy (non-hydrogen) atoms. The van der Waals surface area contributed by atoms with E-state index < -0.39 is 19.0 Å². The van der Waals surface area contributed by atoms with E-state index in [1.807, 2.05) is 0 Å². The predicted octanol–water partition coefficient (Wildman–Crippen LogP) is 1.53. The molecule has 106 valence electrons. The molecule has 0 radical (unpaired) electrons. The molecule has 0 heterocycles. The van der Waals surface area contributed by atoms with Gasteiger partial charge in [-0.05, 0) is 38.0 Å². The Hall–Kier alpha value is -0.380. The van der Waals surface area contributed by atoms with Gasteiger partial charge in [-0.25, -0.2) is 4.79 Å². The number of hydrogen-bond donors (Lipinski definition) is 1. The van der Waals surface area contributed by atoms with Gasteiger partial charge >= 0.3 is 5.97 Å². The molecular weight excluding hydrogens is 255 g/mol. The largest absolute Gasteiger partial charge is 0.467 e. The molecule has 1 N–H and O–H groups in total. The normalized spacial score (nSPS) is 26.0. The molecule has 1 aliphatic carbocycles. The molecule has 1 aliphatic rings. The van der Waals surface area contributed by atoms with Crippen molar-refractivity contribution in [1.82, 2.24) is 0 Å². The third-order valence-electron chi connectivity index (χ3n) is 3.49. The Morgan fingerprint density at radius 2 is 2.00 bits per heavy atom. The molecule has 0 spiro atoms. The van der Waals surface area contributed by atoms with Gasteiger partial charge in [0.2, 0.25) is 5.85 Å². The van der Waals surface area contributed by atoms with E-state index in [2.05, 4.69) is 4.74 Å². The van der Waals surface area contributed by atoms with Gasteiger partial charge in [-0.3, -0.25) is 0 Å². The van der Waals surface area contributed by atoms with Gasteiger partial charge in [-0.1, -0.05) is 6.42 Å². The lowest BCUT2D eigenvalue weighted by molar-refractivity contribution is -0.149. The molecule has 3 atom stereocenters. The third kappa shape index (κ3) is 4.08. The number of carbonyl (C=O) groups excluding carboxylic acids is 1. The third-order valence-corrected chi connectivity index (χ3v) is 4.98. The lowest BCUT2D eigenvalue weighted by atomic mass is 9.98. The second-order valence-electron chi connectivity index (χ2n) is 5.28. The topological polar surface area (TPSA) is 72.8 Å². The van der Waals surface area contributed by atoms with Crippen molar-refractivity contribution in [2.45, 2.75) is 25.1 Å². The summed E-state index contributed by atoms with van der Waals surface area (Å²) in [5, 5.41) is 9.21. The summed E-state index contributed by atoms with van der Waals surface area (Å²) in [4.78, 5) is 11.5. The monoisotopic (exact) mass is 278 g/mol. The summed E-state index contributed by atoms with van der Waals surface area (Å²) in [5.74, 6) is -1.09. The highest BCUT2D eigenvalue weighted by Gasteiger charge is 2.35. The number of esters is 1. The van der Waals surface area contributed by atoms with Gasteiger partial charge in [0.05, 0.1) is 13.7 Å². The molecule has 1 unspecified atom stereocenters. The predicted molar refractivity (Wildman–Crippen MR) is 69.1 cm³/mol. The smallest absolute Gasteiger partial charge is 0.342 e. The molecule has 6 heteroatoms. The molecule has 1 fully saturated rings. The molecule has 0 amide bonds. The van der Waals surface area contributed by atoms with Gasteiger partial charge in [0.1, 0.15) is 7.14 Å². The first-order valence-corrected chi connectivity index (χ1v) is 8.92. The van der Waals surface area contributed by atoms with Crippen molar-refractivity contribution in [2.75, 3.05) is 33.7 Å². The molecule has 0 aromatic heterocycles. The fourth-order valence-electron chi connectivity index (χ4n) is 2.39. The van der Waals surface area contributed by atoms with Crippen LogP contribution in [-0.2, 0) is 18.8 Å². The van der Waals surface area contributed by atoms with Crippen LogP contribution in [0.2, 0.25) is 0 Å². The lowest BCUT2D eigenvalue weighted by Crippen LogP contribution is -2.29. The molecule has 5 nitrogen and oxygen atoms in total. The van der Waals surface area contributed by atoms with Gasteiger partial charge in [-0.2, -0.15) is 0 Å². The van der Waals surface area contributed by atoms with Crippen molar-refractivity contribution in [3.63, 3.8) is 0 Å². The summed E-state index contributed by atoms with van der Waals surface area (Å²) < 4.78 is 22.1. The van der Waals surface area contributed by atoms with E-state index in [-0.39, 0.29) is 18.4 Å². The standard InChI is InChI=1S/C12H23O5P/c1-16-11(14)12(18(2,3)15)17-8-10-6-4-5-9(10)7-13/h9-10,12-13H,4-8H2,1-3H3/t9-,10+,12?/m1/s1. The van der Waals surface area contributed by atoms with Crippen LogP contribution in [0.25, 0.3) is 0 Å². The minimum Gasteiger partial charge on any atom is -0.467 e. The zero-order valence-corrected chi connectivity index (χ0v) is 12.2. The maximum absolute atomic E-state index is 12.0. The van der Waals surface area contributed by atoms with Crippen molar-refractivity contribution in [3.05, 3.63) is 0 Å². The van der Waals surface area contributed by atoms with E-state index in [0.29, 0.717) is 6.61 Å². The van der Waals surface area contributed by atoms with Crippen molar-refractivity contribution in [2.24, 2.45) is 11.8 Å². The Morgan fingerprint density at radius 1 is 1.39 bits per heavy atom. The highest BCUT2D eigenvalue weighted by molar-refractivity contribution is 7.63. The lowest BCUT2D eigenvalue weighted by Gasteiger charge is -2.23. The summed E-state index contributed by atoms with van der Waals surface area (Å²) in [6, 6.07) is 0. The number of hydrogen-bond acceptors (Lipinski definition) is 5. The zero-order valence-electron chi connectivity index (χ0n) is 11.3. The van der Waals surface area contributed by atoms with Crippen LogP contribution < -0.4 is 0 Å². The summed E-state index contributed by atoms with van der Waals surface area (Å²) >= 11 is 0. The molecule has 0 aromatic rings. The zero-order chi connectivity index (χ0) is 13.8. The van der Waals surface area contributed by atoms with Crippen LogP contribution in [0.15, 0.2) is 0 Å². The SMILES string of the molecule is COC(=O)C(OC[C@@H]1CCC[C@@H]1CO)P(C)(C)=O. The Labute approximate surface area is 108 Å². The Kier molecular flexibility index (Phi) is 5.83. The molecule has 0 aliphatic heterocycles. The van der Waals surface area contributed by atoms with E-state index in [1.54, 1.807) is 0 Å². The molecular formula is C12H23O5P. The number of aliphatic hydroxyl groups excluding tert-OH is 1. The van der Waals surface area contributed by atoms with E-state index in [0.717, 1.165) is 19.3 Å². The van der Waals surface area contributed by atoms with E-state index in [4.69, 9.17) is 4.74 Å². The quantitative estimate of drug-likeness (QED) is 0.589. The van der Waals surface area contributed by atoms with Crippen molar-refractivity contribution in [1.29, 1.82) is 0 Å². The first-order valence-electron chi connectivity index (χ1n) is 6.25. The van der Waals surface area contributed by atoms with E-state index in [9.17, 15) is 14.5 Å². The average Bonchev–Trinajstić information content (AvgIpc) is 2.74. The molecule has 1 rings (SSSR count). The van der Waals surface area contributed by atoms with Crippen molar-refractivity contribution >= 4 is 13.1 Å². The average molecular weight is 278 g/mol. The minimum absolute atomic E-state index is 0.146. The fraction of sp³-hybridized carbons (Fsp3) is 0.917. The molecule has 1 saturated carbocycles. The van der Waals surface area contributed by atoms with Crippen LogP contribution in [-0.4, -0.2) is 50.6 Å². The second-order valence-corrected chi connectivity index (χ2v) is 8.61. The Morgan fingerprint density at radius 3 is 2.50 bits per heavy atom. The Bertz CT molecular complexity index is 324. The van der Waals surface area contributed by atoms with Gasteiger partial charge in [0, 0.05) is 6.61 Å². The first-order chi connectivity index (χ1) is 8.40. The minimum atomic E-state index is -2.69. The molecule has 0 aromatic carbocycles. The number of carbonyl (C=O) groups is 1. The van der Waals surface area contributed by atoms with Crippen molar-refractivity contribution in [3.8, 4) is 0 Å². The maximum Gasteiger partial charge on any atom is 0.342 e. The summed E-state index contributed by atoms with van der Waals surface area (Å²) in [6.45, 7) is 3.54. The van der Waals surface area contributed by atoms with Gasteiger partial charge in [0.15, 0.2) is 0 Å². The maximum atomic E-state index is 12.0. The van der Waals surface area contributed by atoms with Gasteiger partial charge in [-0.15, -0.1) is 0 Å². The second kappa shape index (κ2) is 6.69. The van der Waals surface area contributed by atoms with Crippen LogP contribution in [0, 0.1) is 11.8 Å². The number of rotatable bonds is 6. The van der Waals surface area contributed by atoms with E-state index >= 15 is 0 Å². The summed E-state index contributed by atoms with van der Waals surface area (Å²) in [6.07, 6.45) is 3.04. The van der Waals surface area contributed by atoms with Crippen LogP contribution in [0.4, 0.5) is 0 Å².